The Bertz CT molecular complexity index is 2940. The van der Waals surface area contributed by atoms with Gasteiger partial charge in [0.05, 0.1) is 13.2 Å². The van der Waals surface area contributed by atoms with Gasteiger partial charge in [0.2, 0.25) is 11.8 Å². The van der Waals surface area contributed by atoms with E-state index in [0.717, 1.165) is 86.0 Å². The van der Waals surface area contributed by atoms with E-state index >= 15 is 0 Å². The molecule has 86 heavy (non-hydrogen) atoms. The first kappa shape index (κ1) is 72.4. The molecule has 0 saturated heterocycles. The molecule has 0 aliphatic carbocycles. The number of hydrazine groups is 1. The molecule has 0 aliphatic rings. The number of benzene rings is 4. The van der Waals surface area contributed by atoms with Crippen LogP contribution in [0.2, 0.25) is 0 Å². The van der Waals surface area contributed by atoms with Crippen LogP contribution in [0.15, 0.2) is 48.5 Å². The van der Waals surface area contributed by atoms with Gasteiger partial charge < -0.3 is 29.9 Å². The zero-order chi connectivity index (χ0) is 65.3. The summed E-state index contributed by atoms with van der Waals surface area (Å²) in [4.78, 5) is 52.1. The molecule has 0 bridgehead atoms. The number of ether oxygens (including phenoxy) is 2. The summed E-state index contributed by atoms with van der Waals surface area (Å²) in [6, 6.07) is 16.0. The van der Waals surface area contributed by atoms with Crippen molar-refractivity contribution in [3.05, 3.63) is 115 Å². The predicted molar refractivity (Wildman–Crippen MR) is 350 cm³/mol. The Morgan fingerprint density at radius 3 is 0.767 bits per heavy atom. The van der Waals surface area contributed by atoms with Gasteiger partial charge >= 0.3 is 11.9 Å². The zero-order valence-corrected chi connectivity index (χ0v) is 57.2. The average molecular weight is 1190 g/mol. The summed E-state index contributed by atoms with van der Waals surface area (Å²) in [6.07, 6.45) is 6.92. The van der Waals surface area contributed by atoms with Crippen LogP contribution in [-0.4, -0.2) is 57.4 Å². The first-order valence-electron chi connectivity index (χ1n) is 31.6. The van der Waals surface area contributed by atoms with Crippen LogP contribution in [0.4, 0.5) is 0 Å². The van der Waals surface area contributed by atoms with Crippen LogP contribution in [0, 0.1) is 0 Å². The highest BCUT2D eigenvalue weighted by molar-refractivity contribution is 5.82. The number of aryl methyl sites for hydroxylation is 4. The Hall–Kier alpha value is -6.04. The average Bonchev–Trinajstić information content (AvgIpc) is 0.915. The Morgan fingerprint density at radius 1 is 0.326 bits per heavy atom. The number of nitrogens with one attached hydrogen (secondary N) is 2. The van der Waals surface area contributed by atoms with Gasteiger partial charge in [0.15, 0.2) is 0 Å². The van der Waals surface area contributed by atoms with Gasteiger partial charge in [0, 0.05) is 36.8 Å². The van der Waals surface area contributed by atoms with E-state index in [4.69, 9.17) is 9.47 Å². The Balaban J connectivity index is 1.32. The van der Waals surface area contributed by atoms with Crippen LogP contribution in [0.3, 0.4) is 0 Å². The minimum atomic E-state index is -0.534. The van der Waals surface area contributed by atoms with Gasteiger partial charge in [-0.1, -0.05) is 201 Å². The molecular weight excluding hydrogens is 1080 g/mol. The van der Waals surface area contributed by atoms with E-state index in [1.807, 2.05) is 48.5 Å². The minimum Gasteiger partial charge on any atom is -0.507 e. The van der Waals surface area contributed by atoms with Crippen molar-refractivity contribution in [2.24, 2.45) is 0 Å². The van der Waals surface area contributed by atoms with Crippen molar-refractivity contribution < 1.29 is 49.1 Å². The van der Waals surface area contributed by atoms with Crippen molar-refractivity contribution in [1.29, 1.82) is 0 Å². The fraction of sp³-hybridized carbons (Fsp3) is 0.622. The number of unbranched alkanes of at least 4 members (excludes halogenated alkanes) is 3. The molecule has 6 N–H and O–H groups in total. The number of carbonyl (C=O) groups excluding carboxylic acids is 4. The Morgan fingerprint density at radius 2 is 0.535 bits per heavy atom. The normalized spacial score (nSPS) is 13.0. The summed E-state index contributed by atoms with van der Waals surface area (Å²) in [5.41, 5.74) is 12.6. The molecule has 0 saturated carbocycles. The summed E-state index contributed by atoms with van der Waals surface area (Å²) >= 11 is 0. The van der Waals surface area contributed by atoms with E-state index in [2.05, 4.69) is 163 Å². The van der Waals surface area contributed by atoms with Crippen molar-refractivity contribution in [2.45, 2.75) is 286 Å². The van der Waals surface area contributed by atoms with Crippen molar-refractivity contribution in [2.75, 3.05) is 13.2 Å². The first-order valence-corrected chi connectivity index (χ1v) is 31.6. The highest BCUT2D eigenvalue weighted by atomic mass is 16.5. The summed E-state index contributed by atoms with van der Waals surface area (Å²) in [5, 5.41) is 46.2. The maximum Gasteiger partial charge on any atom is 0.306 e. The lowest BCUT2D eigenvalue weighted by atomic mass is 9.69. The van der Waals surface area contributed by atoms with Gasteiger partial charge in [-0.05, 0) is 163 Å². The van der Waals surface area contributed by atoms with Gasteiger partial charge in [-0.15, -0.1) is 0 Å². The Labute approximate surface area is 518 Å². The maximum atomic E-state index is 13.3. The highest BCUT2D eigenvalue weighted by Crippen LogP contribution is 2.48. The molecule has 2 amide bonds. The van der Waals surface area contributed by atoms with E-state index in [1.54, 1.807) is 0 Å². The van der Waals surface area contributed by atoms with Crippen LogP contribution >= 0.6 is 0 Å². The molecule has 0 spiro atoms. The largest absolute Gasteiger partial charge is 0.507 e. The van der Waals surface area contributed by atoms with Gasteiger partial charge in [-0.3, -0.25) is 30.0 Å². The van der Waals surface area contributed by atoms with E-state index in [1.165, 1.54) is 0 Å². The number of phenols is 4. The first-order chi connectivity index (χ1) is 39.2. The summed E-state index contributed by atoms with van der Waals surface area (Å²) in [7, 11) is 0. The molecule has 0 heterocycles. The standard InChI is InChI=1S/C74H112N2O10/c1-67(2,3)51-39-47(40-52(63(51)81)68(4,5)6)27-31-59(77)75-76-60(78)32-28-48-41-55(71(13,14)15)65(83)57(45-48)73(19,20)35-36-74(21,22)58-46-50(44-56(66(58)84)72(16,17)18)30-34-62(80)86-38-26-24-23-25-37-85-61(79)33-29-49-42-53(69(7,8)9)64(82)54(43-49)70(10,11)12/h39-46,81-84H,23-38H2,1-22H3,(H,75,77)(H,76,78). The highest BCUT2D eigenvalue weighted by Gasteiger charge is 2.36. The fourth-order valence-corrected chi connectivity index (χ4v) is 11.1. The van der Waals surface area contributed by atoms with Gasteiger partial charge in [-0.25, -0.2) is 0 Å². The van der Waals surface area contributed by atoms with E-state index in [0.29, 0.717) is 69.7 Å². The zero-order valence-electron chi connectivity index (χ0n) is 57.2. The third kappa shape index (κ3) is 20.8. The van der Waals surface area contributed by atoms with Crippen molar-refractivity contribution in [3.63, 3.8) is 0 Å². The number of phenolic OH excluding ortho intramolecular Hbond substituents is 4. The second kappa shape index (κ2) is 28.4. The number of carbonyl (C=O) groups is 4. The van der Waals surface area contributed by atoms with Gasteiger partial charge in [-0.2, -0.15) is 0 Å². The third-order valence-electron chi connectivity index (χ3n) is 16.8. The smallest absolute Gasteiger partial charge is 0.306 e. The molecule has 4 rings (SSSR count). The molecule has 0 unspecified atom stereocenters. The van der Waals surface area contributed by atoms with E-state index < -0.39 is 16.2 Å². The van der Waals surface area contributed by atoms with Crippen molar-refractivity contribution >= 4 is 23.8 Å². The van der Waals surface area contributed by atoms with Gasteiger partial charge in [0.25, 0.3) is 0 Å². The molecule has 12 heteroatoms. The number of hydrogen-bond donors (Lipinski definition) is 6. The lowest BCUT2D eigenvalue weighted by Gasteiger charge is -2.35. The number of esters is 2. The molecule has 4 aromatic rings. The van der Waals surface area contributed by atoms with Crippen LogP contribution in [0.25, 0.3) is 0 Å². The van der Waals surface area contributed by atoms with E-state index in [-0.39, 0.29) is 88.0 Å². The summed E-state index contributed by atoms with van der Waals surface area (Å²) in [6.45, 7) is 46.3. The van der Waals surface area contributed by atoms with Crippen LogP contribution in [0.1, 0.15) is 283 Å². The molecule has 478 valence electrons. The summed E-state index contributed by atoms with van der Waals surface area (Å²) in [5.74, 6) is -0.0841. The molecule has 12 nitrogen and oxygen atoms in total. The van der Waals surface area contributed by atoms with Crippen LogP contribution in [0.5, 0.6) is 23.0 Å². The lowest BCUT2D eigenvalue weighted by molar-refractivity contribution is -0.145. The molecule has 0 radical (unpaired) electrons. The minimum absolute atomic E-state index is 0.110. The van der Waals surface area contributed by atoms with Crippen LogP contribution < -0.4 is 10.9 Å². The van der Waals surface area contributed by atoms with E-state index in [9.17, 15) is 39.6 Å². The molecular formula is C74H112N2O10. The molecule has 0 aliphatic heterocycles. The molecule has 0 aromatic heterocycles. The second-order valence-corrected chi connectivity index (χ2v) is 31.9. The monoisotopic (exact) mass is 1190 g/mol. The Kier molecular flexibility index (Phi) is 23.9. The molecule has 0 atom stereocenters. The second-order valence-electron chi connectivity index (χ2n) is 31.9. The number of rotatable bonds is 24. The lowest BCUT2D eigenvalue weighted by Crippen LogP contribution is -2.41. The topological polar surface area (TPSA) is 192 Å². The molecule has 0 fully saturated rings. The fourth-order valence-electron chi connectivity index (χ4n) is 11.1. The number of aromatic hydroxyl groups is 4. The third-order valence-corrected chi connectivity index (χ3v) is 16.8. The van der Waals surface area contributed by atoms with Crippen molar-refractivity contribution in [3.8, 4) is 23.0 Å². The number of amides is 2. The van der Waals surface area contributed by atoms with Gasteiger partial charge in [0.1, 0.15) is 23.0 Å². The predicted octanol–water partition coefficient (Wildman–Crippen LogP) is 16.3. The number of hydrogen-bond acceptors (Lipinski definition) is 10. The summed E-state index contributed by atoms with van der Waals surface area (Å²) < 4.78 is 11.2. The quantitative estimate of drug-likeness (QED) is 0.0224. The maximum absolute atomic E-state index is 13.3. The van der Waals surface area contributed by atoms with Crippen LogP contribution in [-0.2, 0) is 97.7 Å². The molecule has 4 aromatic carbocycles. The van der Waals surface area contributed by atoms with Crippen molar-refractivity contribution in [1.82, 2.24) is 10.9 Å². The SMILES string of the molecule is CC(C)(C)c1cc(CCC(=O)NNC(=O)CCc2cc(C(C)(C)C)c(O)c(C(C)(C)CCC(C)(C)c3cc(CCC(=O)OCCCCCCOC(=O)CCc4cc(C(C)(C)C)c(O)c(C(C)(C)C)c4)cc(C(C)(C)C)c3O)c2)cc(C(C)(C)C)c1O.